The van der Waals surface area contributed by atoms with Gasteiger partial charge in [0, 0.05) is 50.2 Å². The lowest BCUT2D eigenvalue weighted by Crippen LogP contribution is -2.52. The summed E-state index contributed by atoms with van der Waals surface area (Å²) in [5, 5.41) is 6.34. The number of likely N-dealkylation sites (tertiary alicyclic amines) is 1. The Hall–Kier alpha value is -4.42. The summed E-state index contributed by atoms with van der Waals surface area (Å²) in [6, 6.07) is 6.71. The standard InChI is InChI=1S/C33H42N6O7/c1-21-7-10-24-25(16-21)36-26(17-28(24)45-20-30(41)39-11-3-6-27(39)32(43)35-23-4-2-5-23)31(42)34-18-29(40)37-12-14-38(15-13-37)33(44)46-19-22-8-9-22/h7,10,16-17,22-23,27H,2-6,8-9,11-15,18-20H2,1H3,(H,34,42)(H,35,43). The van der Waals surface area contributed by atoms with Crippen molar-refractivity contribution in [2.75, 3.05) is 52.5 Å². The lowest BCUT2D eigenvalue weighted by Gasteiger charge is -2.34. The van der Waals surface area contributed by atoms with Crippen LogP contribution in [0.1, 0.15) is 61.0 Å². The summed E-state index contributed by atoms with van der Waals surface area (Å²) in [5.74, 6) is -0.422. The molecule has 2 aromatic rings. The number of piperazine rings is 1. The van der Waals surface area contributed by atoms with E-state index in [2.05, 4.69) is 15.6 Å². The second-order valence-electron chi connectivity index (χ2n) is 12.8. The molecule has 6 rings (SSSR count). The zero-order valence-corrected chi connectivity index (χ0v) is 26.3. The van der Waals surface area contributed by atoms with Gasteiger partial charge in [0.1, 0.15) is 17.5 Å². The maximum Gasteiger partial charge on any atom is 0.409 e. The number of pyridine rings is 1. The first-order chi connectivity index (χ1) is 22.2. The molecule has 5 amide bonds. The fourth-order valence-electron chi connectivity index (χ4n) is 6.01. The quantitative estimate of drug-likeness (QED) is 0.403. The maximum absolute atomic E-state index is 13.2. The number of nitrogens with zero attached hydrogens (tertiary/aromatic N) is 4. The van der Waals surface area contributed by atoms with Crippen molar-refractivity contribution >= 4 is 40.6 Å². The number of nitrogens with one attached hydrogen (secondary N) is 2. The molecule has 2 N–H and O–H groups in total. The van der Waals surface area contributed by atoms with Crippen molar-refractivity contribution in [2.24, 2.45) is 5.92 Å². The molecule has 0 spiro atoms. The van der Waals surface area contributed by atoms with Crippen LogP contribution < -0.4 is 15.4 Å². The SMILES string of the molecule is Cc1ccc2c(OCC(=O)N3CCCC3C(=O)NC3CCC3)cc(C(=O)NCC(=O)N3CCN(C(=O)OCC4CC4)CC3)nc2c1. The van der Waals surface area contributed by atoms with Crippen LogP contribution >= 0.6 is 0 Å². The van der Waals surface area contributed by atoms with Crippen molar-refractivity contribution in [3.63, 3.8) is 0 Å². The Morgan fingerprint density at radius 3 is 2.37 bits per heavy atom. The number of hydrogen-bond acceptors (Lipinski definition) is 8. The molecule has 2 saturated heterocycles. The molecule has 2 saturated carbocycles. The van der Waals surface area contributed by atoms with Gasteiger partial charge in [0.2, 0.25) is 11.8 Å². The Bertz CT molecular complexity index is 1500. The van der Waals surface area contributed by atoms with E-state index in [4.69, 9.17) is 9.47 Å². The van der Waals surface area contributed by atoms with Crippen molar-refractivity contribution in [1.82, 2.24) is 30.3 Å². The molecule has 1 aromatic carbocycles. The Kier molecular flexibility index (Phi) is 9.55. The smallest absolute Gasteiger partial charge is 0.409 e. The van der Waals surface area contributed by atoms with Gasteiger partial charge in [-0.15, -0.1) is 0 Å². The van der Waals surface area contributed by atoms with Crippen LogP contribution in [0.3, 0.4) is 0 Å². The molecular formula is C33H42N6O7. The van der Waals surface area contributed by atoms with E-state index in [-0.39, 0.29) is 48.7 Å². The molecule has 246 valence electrons. The molecule has 4 fully saturated rings. The fraction of sp³-hybridized carbons (Fsp3) is 0.576. The highest BCUT2D eigenvalue weighted by Gasteiger charge is 2.36. The minimum atomic E-state index is -0.553. The number of aromatic nitrogens is 1. The van der Waals surface area contributed by atoms with E-state index in [1.54, 1.807) is 14.7 Å². The van der Waals surface area contributed by atoms with Crippen LogP contribution in [0.5, 0.6) is 5.75 Å². The van der Waals surface area contributed by atoms with Gasteiger partial charge in [0.15, 0.2) is 6.61 Å². The number of rotatable bonds is 10. The number of hydrogen-bond donors (Lipinski definition) is 2. The number of amides is 5. The first-order valence-corrected chi connectivity index (χ1v) is 16.4. The van der Waals surface area contributed by atoms with Gasteiger partial charge < -0.3 is 34.8 Å². The lowest BCUT2D eigenvalue weighted by atomic mass is 9.93. The molecule has 46 heavy (non-hydrogen) atoms. The Morgan fingerprint density at radius 1 is 0.891 bits per heavy atom. The first kappa shape index (κ1) is 31.6. The van der Waals surface area contributed by atoms with Gasteiger partial charge in [0.05, 0.1) is 18.7 Å². The number of fused-ring (bicyclic) bond motifs is 1. The van der Waals surface area contributed by atoms with Crippen LogP contribution in [0.15, 0.2) is 24.3 Å². The highest BCUT2D eigenvalue weighted by atomic mass is 16.6. The summed E-state index contributed by atoms with van der Waals surface area (Å²) in [4.78, 5) is 73.6. The number of carbonyl (C=O) groups excluding carboxylic acids is 5. The fourth-order valence-corrected chi connectivity index (χ4v) is 6.01. The first-order valence-electron chi connectivity index (χ1n) is 16.4. The third kappa shape index (κ3) is 7.51. The number of carbonyl (C=O) groups is 5. The highest BCUT2D eigenvalue weighted by molar-refractivity contribution is 5.99. The van der Waals surface area contributed by atoms with Crippen molar-refractivity contribution in [1.29, 1.82) is 0 Å². The molecule has 2 aliphatic carbocycles. The van der Waals surface area contributed by atoms with Crippen LogP contribution in [0, 0.1) is 12.8 Å². The summed E-state index contributed by atoms with van der Waals surface area (Å²) in [7, 11) is 0. The zero-order valence-electron chi connectivity index (χ0n) is 26.3. The minimum absolute atomic E-state index is 0.0514. The number of aryl methyl sites for hydroxylation is 1. The molecule has 1 atom stereocenters. The van der Waals surface area contributed by atoms with Crippen LogP contribution in [-0.2, 0) is 19.1 Å². The van der Waals surface area contributed by atoms with Gasteiger partial charge in [-0.25, -0.2) is 9.78 Å². The minimum Gasteiger partial charge on any atom is -0.483 e. The Labute approximate surface area is 267 Å². The monoisotopic (exact) mass is 634 g/mol. The summed E-state index contributed by atoms with van der Waals surface area (Å²) < 4.78 is 11.3. The second kappa shape index (κ2) is 13.9. The third-order valence-electron chi connectivity index (χ3n) is 9.27. The molecule has 0 bridgehead atoms. The number of ether oxygens (including phenoxy) is 2. The maximum atomic E-state index is 13.2. The van der Waals surface area contributed by atoms with Gasteiger partial charge >= 0.3 is 6.09 Å². The van der Waals surface area contributed by atoms with Crippen LogP contribution in [0.25, 0.3) is 10.9 Å². The molecule has 1 aromatic heterocycles. The second-order valence-corrected chi connectivity index (χ2v) is 12.8. The van der Waals surface area contributed by atoms with Gasteiger partial charge in [-0.05, 0) is 75.5 Å². The molecular weight excluding hydrogens is 592 g/mol. The largest absolute Gasteiger partial charge is 0.483 e. The van der Waals surface area contributed by atoms with Crippen LogP contribution in [-0.4, -0.2) is 114 Å². The van der Waals surface area contributed by atoms with Crippen LogP contribution in [0.2, 0.25) is 0 Å². The van der Waals surface area contributed by atoms with Gasteiger partial charge in [-0.2, -0.15) is 0 Å². The summed E-state index contributed by atoms with van der Waals surface area (Å²) >= 11 is 0. The van der Waals surface area contributed by atoms with E-state index < -0.39 is 11.9 Å². The molecule has 3 heterocycles. The third-order valence-corrected chi connectivity index (χ3v) is 9.27. The Balaban J connectivity index is 1.04. The van der Waals surface area contributed by atoms with E-state index in [1.165, 1.54) is 6.07 Å². The summed E-state index contributed by atoms with van der Waals surface area (Å²) in [6.07, 6.45) is 6.28. The summed E-state index contributed by atoms with van der Waals surface area (Å²) in [5.41, 5.74) is 1.50. The van der Waals surface area contributed by atoms with E-state index >= 15 is 0 Å². The van der Waals surface area contributed by atoms with E-state index in [9.17, 15) is 24.0 Å². The Morgan fingerprint density at radius 2 is 1.65 bits per heavy atom. The lowest BCUT2D eigenvalue weighted by molar-refractivity contribution is -0.140. The average Bonchev–Trinajstić information content (AvgIpc) is 3.74. The molecule has 4 aliphatic rings. The molecule has 0 radical (unpaired) electrons. The average molecular weight is 635 g/mol. The topological polar surface area (TPSA) is 150 Å². The van der Waals surface area contributed by atoms with Crippen molar-refractivity contribution < 1.29 is 33.4 Å². The van der Waals surface area contributed by atoms with Gasteiger partial charge in [-0.3, -0.25) is 19.2 Å². The van der Waals surface area contributed by atoms with Crippen LogP contribution in [0.4, 0.5) is 4.79 Å². The van der Waals surface area contributed by atoms with Gasteiger partial charge in [-0.1, -0.05) is 6.07 Å². The number of benzene rings is 1. The van der Waals surface area contributed by atoms with Crippen molar-refractivity contribution in [3.8, 4) is 5.75 Å². The van der Waals surface area contributed by atoms with E-state index in [0.717, 1.165) is 44.1 Å². The van der Waals surface area contributed by atoms with Crippen molar-refractivity contribution in [3.05, 3.63) is 35.5 Å². The van der Waals surface area contributed by atoms with E-state index in [1.807, 2.05) is 25.1 Å². The normalized spacial score (nSPS) is 19.8. The predicted octanol–water partition coefficient (Wildman–Crippen LogP) is 2.00. The zero-order chi connectivity index (χ0) is 32.2. The molecule has 2 aliphatic heterocycles. The highest BCUT2D eigenvalue weighted by Crippen LogP contribution is 2.29. The molecule has 13 heteroatoms. The predicted molar refractivity (Wildman–Crippen MR) is 167 cm³/mol. The summed E-state index contributed by atoms with van der Waals surface area (Å²) in [6.45, 7) is 3.78. The van der Waals surface area contributed by atoms with Gasteiger partial charge in [0.25, 0.3) is 11.8 Å². The van der Waals surface area contributed by atoms with E-state index in [0.29, 0.717) is 68.3 Å². The molecule has 13 nitrogen and oxygen atoms in total. The molecule has 1 unspecified atom stereocenters. The van der Waals surface area contributed by atoms with Crippen molar-refractivity contribution in [2.45, 2.75) is 64.0 Å².